The lowest BCUT2D eigenvalue weighted by molar-refractivity contribution is 0.0323. The fraction of sp³-hybridized carbons (Fsp3) is 0.556. The number of thiazole rings is 1. The summed E-state index contributed by atoms with van der Waals surface area (Å²) in [7, 11) is 0. The lowest BCUT2D eigenvalue weighted by atomic mass is 10.3. The van der Waals surface area contributed by atoms with Gasteiger partial charge < -0.3 is 4.74 Å². The maximum absolute atomic E-state index is 11.4. The summed E-state index contributed by atoms with van der Waals surface area (Å²) in [6.45, 7) is 0. The first-order chi connectivity index (χ1) is 6.36. The highest BCUT2D eigenvalue weighted by Crippen LogP contribution is 2.22. The van der Waals surface area contributed by atoms with Crippen molar-refractivity contribution in [3.05, 3.63) is 16.6 Å². The fourth-order valence-corrected chi connectivity index (χ4v) is 2.03. The molecule has 0 radical (unpaired) electrons. The van der Waals surface area contributed by atoms with Crippen LogP contribution in [0.1, 0.15) is 35.4 Å². The second kappa shape index (κ2) is 3.87. The summed E-state index contributed by atoms with van der Waals surface area (Å²) in [4.78, 5) is 15.8. The molecule has 1 heterocycles. The van der Waals surface area contributed by atoms with E-state index in [9.17, 15) is 4.79 Å². The summed E-state index contributed by atoms with van der Waals surface area (Å²) in [5.74, 6) is -0.214. The Balaban J connectivity index is 1.91. The second-order valence-corrected chi connectivity index (χ2v) is 4.06. The molecule has 0 spiro atoms. The number of ether oxygens (including phenoxy) is 1. The van der Waals surface area contributed by atoms with Gasteiger partial charge in [-0.05, 0) is 25.7 Å². The van der Waals surface area contributed by atoms with Crippen molar-refractivity contribution in [2.75, 3.05) is 0 Å². The van der Waals surface area contributed by atoms with E-state index < -0.39 is 0 Å². The van der Waals surface area contributed by atoms with E-state index in [1.54, 1.807) is 11.7 Å². The van der Waals surface area contributed by atoms with E-state index in [1.165, 1.54) is 24.2 Å². The van der Waals surface area contributed by atoms with Gasteiger partial charge in [-0.2, -0.15) is 0 Å². The number of hydrogen-bond donors (Lipinski definition) is 0. The number of rotatable bonds is 2. The van der Waals surface area contributed by atoms with Crippen LogP contribution in [0.5, 0.6) is 0 Å². The molecule has 13 heavy (non-hydrogen) atoms. The molecule has 0 unspecified atom stereocenters. The third-order valence-corrected chi connectivity index (χ3v) is 2.96. The molecule has 1 aromatic rings. The first kappa shape index (κ1) is 8.69. The van der Waals surface area contributed by atoms with Crippen LogP contribution >= 0.6 is 11.3 Å². The smallest absolute Gasteiger partial charge is 0.350 e. The molecule has 0 aliphatic heterocycles. The summed E-state index contributed by atoms with van der Waals surface area (Å²) >= 11 is 1.33. The van der Waals surface area contributed by atoms with Gasteiger partial charge in [0.2, 0.25) is 0 Å². The first-order valence-corrected chi connectivity index (χ1v) is 5.33. The number of hydrogen-bond acceptors (Lipinski definition) is 4. The number of carbonyl (C=O) groups excluding carboxylic acids is 1. The first-order valence-electron chi connectivity index (χ1n) is 4.46. The predicted molar refractivity (Wildman–Crippen MR) is 49.8 cm³/mol. The summed E-state index contributed by atoms with van der Waals surface area (Å²) < 4.78 is 5.29. The Labute approximate surface area is 80.8 Å². The van der Waals surface area contributed by atoms with Crippen LogP contribution in [-0.4, -0.2) is 17.1 Å². The lowest BCUT2D eigenvalue weighted by Crippen LogP contribution is -2.13. The maximum atomic E-state index is 11.4. The van der Waals surface area contributed by atoms with Crippen molar-refractivity contribution in [1.82, 2.24) is 4.98 Å². The Kier molecular flexibility index (Phi) is 2.59. The van der Waals surface area contributed by atoms with Crippen LogP contribution in [0.2, 0.25) is 0 Å². The van der Waals surface area contributed by atoms with E-state index in [-0.39, 0.29) is 12.1 Å². The molecule has 0 bridgehead atoms. The molecule has 0 aromatic carbocycles. The summed E-state index contributed by atoms with van der Waals surface area (Å²) in [6.07, 6.45) is 6.10. The minimum absolute atomic E-state index is 0.148. The Morgan fingerprint density at radius 1 is 1.54 bits per heavy atom. The van der Waals surface area contributed by atoms with Gasteiger partial charge in [0.05, 0.1) is 11.7 Å². The zero-order valence-electron chi connectivity index (χ0n) is 7.23. The number of esters is 1. The van der Waals surface area contributed by atoms with E-state index >= 15 is 0 Å². The van der Waals surface area contributed by atoms with Gasteiger partial charge in [-0.3, -0.25) is 4.98 Å². The standard InChI is InChI=1S/C9H11NO2S/c11-9(8-5-10-6-13-8)12-7-3-1-2-4-7/h5-7H,1-4H2. The average Bonchev–Trinajstić information content (AvgIpc) is 2.74. The van der Waals surface area contributed by atoms with Gasteiger partial charge in [-0.25, -0.2) is 4.79 Å². The Morgan fingerprint density at radius 2 is 2.31 bits per heavy atom. The Morgan fingerprint density at radius 3 is 2.92 bits per heavy atom. The molecule has 0 N–H and O–H groups in total. The van der Waals surface area contributed by atoms with Crippen LogP contribution in [0, 0.1) is 0 Å². The molecule has 0 atom stereocenters. The molecule has 1 aromatic heterocycles. The number of nitrogens with zero attached hydrogens (tertiary/aromatic N) is 1. The van der Waals surface area contributed by atoms with Crippen molar-refractivity contribution in [2.24, 2.45) is 0 Å². The van der Waals surface area contributed by atoms with Crippen LogP contribution in [0.3, 0.4) is 0 Å². The molecule has 0 saturated heterocycles. The molecule has 70 valence electrons. The largest absolute Gasteiger partial charge is 0.458 e. The Bertz CT molecular complexity index is 278. The molecule has 2 rings (SSSR count). The normalized spacial score (nSPS) is 17.5. The van der Waals surface area contributed by atoms with Crippen molar-refractivity contribution >= 4 is 17.3 Å². The van der Waals surface area contributed by atoms with E-state index in [2.05, 4.69) is 4.98 Å². The fourth-order valence-electron chi connectivity index (χ4n) is 1.53. The Hall–Kier alpha value is -0.900. The van der Waals surface area contributed by atoms with E-state index in [4.69, 9.17) is 4.74 Å². The lowest BCUT2D eigenvalue weighted by Gasteiger charge is -2.09. The highest BCUT2D eigenvalue weighted by molar-refractivity contribution is 7.11. The van der Waals surface area contributed by atoms with Gasteiger partial charge in [0, 0.05) is 0 Å². The van der Waals surface area contributed by atoms with Gasteiger partial charge >= 0.3 is 5.97 Å². The minimum atomic E-state index is -0.214. The SMILES string of the molecule is O=C(OC1CCCC1)c1cncs1. The molecule has 3 nitrogen and oxygen atoms in total. The second-order valence-electron chi connectivity index (χ2n) is 3.18. The summed E-state index contributed by atoms with van der Waals surface area (Å²) in [6, 6.07) is 0. The van der Waals surface area contributed by atoms with E-state index in [0.717, 1.165) is 12.8 Å². The van der Waals surface area contributed by atoms with Crippen molar-refractivity contribution in [2.45, 2.75) is 31.8 Å². The van der Waals surface area contributed by atoms with Crippen LogP contribution in [0.15, 0.2) is 11.7 Å². The van der Waals surface area contributed by atoms with Gasteiger partial charge in [0.25, 0.3) is 0 Å². The highest BCUT2D eigenvalue weighted by Gasteiger charge is 2.20. The van der Waals surface area contributed by atoms with E-state index in [0.29, 0.717) is 4.88 Å². The zero-order chi connectivity index (χ0) is 9.10. The van der Waals surface area contributed by atoms with Crippen molar-refractivity contribution in [3.63, 3.8) is 0 Å². The van der Waals surface area contributed by atoms with Crippen LogP contribution in [0.25, 0.3) is 0 Å². The number of carbonyl (C=O) groups is 1. The van der Waals surface area contributed by atoms with Crippen molar-refractivity contribution in [1.29, 1.82) is 0 Å². The van der Waals surface area contributed by atoms with Crippen LogP contribution in [-0.2, 0) is 4.74 Å². The third kappa shape index (κ3) is 2.06. The molecule has 1 saturated carbocycles. The molecular weight excluding hydrogens is 186 g/mol. The van der Waals surface area contributed by atoms with Gasteiger partial charge in [0.15, 0.2) is 0 Å². The highest BCUT2D eigenvalue weighted by atomic mass is 32.1. The van der Waals surface area contributed by atoms with E-state index in [1.807, 2.05) is 0 Å². The minimum Gasteiger partial charge on any atom is -0.458 e. The molecular formula is C9H11NO2S. The quantitative estimate of drug-likeness (QED) is 0.682. The molecule has 1 aliphatic rings. The topological polar surface area (TPSA) is 39.2 Å². The molecule has 1 aliphatic carbocycles. The van der Waals surface area contributed by atoms with Crippen LogP contribution in [0.4, 0.5) is 0 Å². The van der Waals surface area contributed by atoms with Crippen LogP contribution < -0.4 is 0 Å². The molecule has 4 heteroatoms. The molecule has 1 fully saturated rings. The van der Waals surface area contributed by atoms with Crippen molar-refractivity contribution < 1.29 is 9.53 Å². The monoisotopic (exact) mass is 197 g/mol. The third-order valence-electron chi connectivity index (χ3n) is 2.21. The summed E-state index contributed by atoms with van der Waals surface area (Å²) in [5.41, 5.74) is 1.64. The zero-order valence-corrected chi connectivity index (χ0v) is 8.05. The average molecular weight is 197 g/mol. The summed E-state index contributed by atoms with van der Waals surface area (Å²) in [5, 5.41) is 0. The predicted octanol–water partition coefficient (Wildman–Crippen LogP) is 2.24. The van der Waals surface area contributed by atoms with Gasteiger partial charge in [-0.1, -0.05) is 0 Å². The maximum Gasteiger partial charge on any atom is 0.350 e. The molecule has 0 amide bonds. The number of aromatic nitrogens is 1. The van der Waals surface area contributed by atoms with Gasteiger partial charge in [-0.15, -0.1) is 11.3 Å². The van der Waals surface area contributed by atoms with Gasteiger partial charge in [0.1, 0.15) is 11.0 Å². The van der Waals surface area contributed by atoms with Crippen molar-refractivity contribution in [3.8, 4) is 0 Å².